The number of ether oxygens (including phenoxy) is 2. The van der Waals surface area contributed by atoms with Gasteiger partial charge in [0.1, 0.15) is 0 Å². The molecule has 0 saturated carbocycles. The molecule has 0 heterocycles. The number of methoxy groups -OCH3 is 1. The lowest BCUT2D eigenvalue weighted by atomic mass is 10.1. The number of carboxylic acid groups (broad SMARTS) is 1. The Kier molecular flexibility index (Phi) is 6.56. The van der Waals surface area contributed by atoms with Crippen molar-refractivity contribution in [2.45, 2.75) is 26.5 Å². The van der Waals surface area contributed by atoms with Crippen LogP contribution in [0.15, 0.2) is 34.8 Å². The molecule has 0 spiro atoms. The summed E-state index contributed by atoms with van der Waals surface area (Å²) in [6, 6.07) is 8.54. The van der Waals surface area contributed by atoms with Crippen LogP contribution in [-0.4, -0.2) is 24.3 Å². The summed E-state index contributed by atoms with van der Waals surface area (Å²) >= 11 is 9.42. The molecule has 134 valence electrons. The summed E-state index contributed by atoms with van der Waals surface area (Å²) in [6.45, 7) is 4.37. The van der Waals surface area contributed by atoms with E-state index in [0.717, 1.165) is 10.0 Å². The van der Waals surface area contributed by atoms with Crippen molar-refractivity contribution in [1.82, 2.24) is 0 Å². The first-order chi connectivity index (χ1) is 11.8. The summed E-state index contributed by atoms with van der Waals surface area (Å²) in [5.74, 6) is 0.232. The normalized spacial score (nSPS) is 10.6. The van der Waals surface area contributed by atoms with Gasteiger partial charge in [-0.05, 0) is 49.7 Å². The summed E-state index contributed by atoms with van der Waals surface area (Å²) in [7, 11) is 1.59. The van der Waals surface area contributed by atoms with Gasteiger partial charge in [-0.2, -0.15) is 0 Å². The first kappa shape index (κ1) is 19.4. The summed E-state index contributed by atoms with van der Waals surface area (Å²) in [5, 5.41) is 12.5. The summed E-state index contributed by atoms with van der Waals surface area (Å²) < 4.78 is 12.0. The number of hydrogen-bond acceptors (Lipinski definition) is 4. The number of carboxylic acids is 1. The topological polar surface area (TPSA) is 67.8 Å². The van der Waals surface area contributed by atoms with Gasteiger partial charge in [-0.3, -0.25) is 0 Å². The Hall–Kier alpha value is -1.92. The van der Waals surface area contributed by atoms with Crippen LogP contribution in [0, 0.1) is 0 Å². The number of nitrogens with one attached hydrogen (secondary N) is 1. The van der Waals surface area contributed by atoms with Gasteiger partial charge >= 0.3 is 5.97 Å². The molecule has 0 aromatic heterocycles. The van der Waals surface area contributed by atoms with Crippen molar-refractivity contribution in [1.29, 1.82) is 0 Å². The molecule has 0 aliphatic heterocycles. The molecule has 0 aliphatic carbocycles. The Bertz CT molecular complexity index is 780. The molecule has 0 radical (unpaired) electrons. The second-order valence-electron chi connectivity index (χ2n) is 5.61. The van der Waals surface area contributed by atoms with E-state index in [0.29, 0.717) is 23.7 Å². The largest absolute Gasteiger partial charge is 0.493 e. The van der Waals surface area contributed by atoms with E-state index in [1.165, 1.54) is 6.07 Å². The van der Waals surface area contributed by atoms with Gasteiger partial charge < -0.3 is 19.9 Å². The lowest BCUT2D eigenvalue weighted by molar-refractivity contribution is 0.0697. The molecule has 0 atom stereocenters. The smallest absolute Gasteiger partial charge is 0.337 e. The molecule has 0 unspecified atom stereocenters. The Labute approximate surface area is 160 Å². The molecule has 0 aliphatic rings. The zero-order valence-corrected chi connectivity index (χ0v) is 16.4. The highest BCUT2D eigenvalue weighted by Crippen LogP contribution is 2.34. The third kappa shape index (κ3) is 5.03. The molecule has 2 aromatic carbocycles. The van der Waals surface area contributed by atoms with E-state index in [4.69, 9.17) is 26.2 Å². The van der Waals surface area contributed by atoms with Crippen LogP contribution in [0.4, 0.5) is 5.69 Å². The van der Waals surface area contributed by atoms with E-state index < -0.39 is 5.97 Å². The number of hydrogen-bond donors (Lipinski definition) is 2. The molecule has 2 aromatic rings. The lowest BCUT2D eigenvalue weighted by Crippen LogP contribution is -2.08. The third-order valence-electron chi connectivity index (χ3n) is 3.38. The number of aromatic carboxylic acids is 1. The fraction of sp³-hybridized carbons (Fsp3) is 0.278. The van der Waals surface area contributed by atoms with Gasteiger partial charge in [-0.25, -0.2) is 4.79 Å². The van der Waals surface area contributed by atoms with E-state index in [2.05, 4.69) is 21.2 Å². The highest BCUT2D eigenvalue weighted by molar-refractivity contribution is 9.10. The molecule has 0 amide bonds. The van der Waals surface area contributed by atoms with Crippen LogP contribution in [0.2, 0.25) is 5.02 Å². The van der Waals surface area contributed by atoms with Gasteiger partial charge in [0, 0.05) is 16.7 Å². The van der Waals surface area contributed by atoms with E-state index in [1.807, 2.05) is 26.0 Å². The molecule has 2 rings (SSSR count). The fourth-order valence-electron chi connectivity index (χ4n) is 2.21. The molecule has 5 nitrogen and oxygen atoms in total. The lowest BCUT2D eigenvalue weighted by Gasteiger charge is -2.16. The predicted molar refractivity (Wildman–Crippen MR) is 102 cm³/mol. The summed E-state index contributed by atoms with van der Waals surface area (Å²) in [5.41, 5.74) is 1.67. The van der Waals surface area contributed by atoms with Crippen LogP contribution >= 0.6 is 27.5 Å². The Balaban J connectivity index is 2.20. The molecule has 25 heavy (non-hydrogen) atoms. The third-order valence-corrected chi connectivity index (χ3v) is 4.44. The van der Waals surface area contributed by atoms with Gasteiger partial charge in [-0.1, -0.05) is 27.5 Å². The first-order valence-electron chi connectivity index (χ1n) is 7.61. The number of benzene rings is 2. The van der Waals surface area contributed by atoms with Gasteiger partial charge in [0.25, 0.3) is 0 Å². The predicted octanol–water partition coefficient (Wildman–Crippen LogP) is 5.21. The maximum atomic E-state index is 11.2. The summed E-state index contributed by atoms with van der Waals surface area (Å²) in [6.07, 6.45) is 0.0354. The number of anilines is 1. The summed E-state index contributed by atoms with van der Waals surface area (Å²) in [4.78, 5) is 11.2. The van der Waals surface area contributed by atoms with Crippen LogP contribution in [-0.2, 0) is 6.54 Å². The van der Waals surface area contributed by atoms with Crippen LogP contribution in [0.25, 0.3) is 0 Å². The SMILES string of the molecule is COc1cc(CNc2ccc(Cl)c(C(=O)O)c2)c(Br)cc1OC(C)C. The minimum atomic E-state index is -1.06. The van der Waals surface area contributed by atoms with Crippen LogP contribution < -0.4 is 14.8 Å². The van der Waals surface area contributed by atoms with Gasteiger partial charge in [0.05, 0.1) is 23.8 Å². The van der Waals surface area contributed by atoms with E-state index in [9.17, 15) is 4.79 Å². The highest BCUT2D eigenvalue weighted by Gasteiger charge is 2.13. The highest BCUT2D eigenvalue weighted by atomic mass is 79.9. The van der Waals surface area contributed by atoms with Crippen molar-refractivity contribution < 1.29 is 19.4 Å². The molecule has 2 N–H and O–H groups in total. The number of carbonyl (C=O) groups is 1. The van der Waals surface area contributed by atoms with Crippen LogP contribution in [0.5, 0.6) is 11.5 Å². The van der Waals surface area contributed by atoms with Crippen molar-refractivity contribution >= 4 is 39.2 Å². The average Bonchev–Trinajstić information content (AvgIpc) is 2.54. The van der Waals surface area contributed by atoms with E-state index in [1.54, 1.807) is 19.2 Å². The van der Waals surface area contributed by atoms with E-state index in [-0.39, 0.29) is 16.7 Å². The van der Waals surface area contributed by atoms with Crippen LogP contribution in [0.3, 0.4) is 0 Å². The molecule has 0 fully saturated rings. The zero-order chi connectivity index (χ0) is 18.6. The van der Waals surface area contributed by atoms with Crippen molar-refractivity contribution in [2.24, 2.45) is 0 Å². The van der Waals surface area contributed by atoms with Crippen molar-refractivity contribution in [3.63, 3.8) is 0 Å². The van der Waals surface area contributed by atoms with Gasteiger partial charge in [0.2, 0.25) is 0 Å². The Morgan fingerprint density at radius 2 is 2.00 bits per heavy atom. The monoisotopic (exact) mass is 427 g/mol. The number of rotatable bonds is 7. The number of halogens is 2. The van der Waals surface area contributed by atoms with Crippen molar-refractivity contribution in [3.8, 4) is 11.5 Å². The maximum absolute atomic E-state index is 11.2. The minimum absolute atomic E-state index is 0.0354. The maximum Gasteiger partial charge on any atom is 0.337 e. The second kappa shape index (κ2) is 8.45. The standard InChI is InChI=1S/C18H19BrClNO4/c1-10(2)25-17-8-14(19)11(6-16(17)24-3)9-21-12-4-5-15(20)13(7-12)18(22)23/h4-8,10,21H,9H2,1-3H3,(H,22,23). The Morgan fingerprint density at radius 1 is 1.28 bits per heavy atom. The van der Waals surface area contributed by atoms with Crippen LogP contribution in [0.1, 0.15) is 29.8 Å². The van der Waals surface area contributed by atoms with Gasteiger partial charge in [-0.15, -0.1) is 0 Å². The van der Waals surface area contributed by atoms with E-state index >= 15 is 0 Å². The molecule has 0 saturated heterocycles. The molecular weight excluding hydrogens is 410 g/mol. The average molecular weight is 429 g/mol. The second-order valence-corrected chi connectivity index (χ2v) is 6.88. The molecule has 7 heteroatoms. The fourth-order valence-corrected chi connectivity index (χ4v) is 2.88. The first-order valence-corrected chi connectivity index (χ1v) is 8.78. The molecule has 0 bridgehead atoms. The zero-order valence-electron chi connectivity index (χ0n) is 14.1. The van der Waals surface area contributed by atoms with Crippen molar-refractivity contribution in [2.75, 3.05) is 12.4 Å². The van der Waals surface area contributed by atoms with Gasteiger partial charge in [0.15, 0.2) is 11.5 Å². The minimum Gasteiger partial charge on any atom is -0.493 e. The quantitative estimate of drug-likeness (QED) is 0.634. The molecular formula is C18H19BrClNO4. The van der Waals surface area contributed by atoms with Crippen molar-refractivity contribution in [3.05, 3.63) is 51.0 Å². The Morgan fingerprint density at radius 3 is 2.60 bits per heavy atom.